The summed E-state index contributed by atoms with van der Waals surface area (Å²) in [4.78, 5) is 11.4. The van der Waals surface area contributed by atoms with Crippen molar-refractivity contribution in [3.8, 4) is 0 Å². The Morgan fingerprint density at radius 3 is 2.36 bits per heavy atom. The molecule has 136 valence electrons. The fraction of sp³-hybridized carbons (Fsp3) is 0.500. The molecule has 1 atom stereocenters. The van der Waals surface area contributed by atoms with Gasteiger partial charge in [0, 0.05) is 42.3 Å². The second-order valence-corrected chi connectivity index (χ2v) is 6.47. The number of aromatic nitrogens is 2. The van der Waals surface area contributed by atoms with Crippen LogP contribution in [0.15, 0.2) is 24.3 Å². The van der Waals surface area contributed by atoms with Crippen molar-refractivity contribution in [3.05, 3.63) is 35.5 Å². The number of nitrogens with one attached hydrogen (secondary N) is 2. The second kappa shape index (κ2) is 8.70. The maximum absolute atomic E-state index is 4.60. The molecule has 0 aliphatic rings. The first-order chi connectivity index (χ1) is 12.0. The van der Waals surface area contributed by atoms with Crippen molar-refractivity contribution in [1.29, 1.82) is 0 Å². The van der Waals surface area contributed by atoms with Crippen molar-refractivity contribution in [3.63, 3.8) is 0 Å². The fourth-order valence-corrected chi connectivity index (χ4v) is 2.73. The van der Waals surface area contributed by atoms with Gasteiger partial charge in [0.2, 0.25) is 5.95 Å². The molecule has 2 aromatic rings. The molecule has 2 N–H and O–H groups in total. The van der Waals surface area contributed by atoms with Crippen LogP contribution in [0.5, 0.6) is 0 Å². The lowest BCUT2D eigenvalue weighted by Gasteiger charge is -2.22. The maximum Gasteiger partial charge on any atom is 0.225 e. The van der Waals surface area contributed by atoms with Crippen molar-refractivity contribution in [2.75, 3.05) is 28.6 Å². The Morgan fingerprint density at radius 1 is 1.04 bits per heavy atom. The van der Waals surface area contributed by atoms with Crippen LogP contribution in [0.2, 0.25) is 0 Å². The summed E-state index contributed by atoms with van der Waals surface area (Å²) in [5, 5.41) is 6.78. The third-order valence-electron chi connectivity index (χ3n) is 4.44. The van der Waals surface area contributed by atoms with Crippen LogP contribution in [0.3, 0.4) is 0 Å². The standard InChI is InChI=1S/C20H31N5/c1-7-15(5)21-20-22-16(6)13-19(24-20)23-18-11-10-17(12-14(18)4)25(8-2)9-3/h10-13,15H,7-9H2,1-6H3,(H2,21,22,23,24). The summed E-state index contributed by atoms with van der Waals surface area (Å²) in [6.45, 7) is 14.8. The van der Waals surface area contributed by atoms with E-state index in [1.165, 1.54) is 11.3 Å². The van der Waals surface area contributed by atoms with Gasteiger partial charge in [-0.25, -0.2) is 4.98 Å². The van der Waals surface area contributed by atoms with Gasteiger partial charge in [-0.2, -0.15) is 4.98 Å². The molecule has 25 heavy (non-hydrogen) atoms. The maximum atomic E-state index is 4.60. The van der Waals surface area contributed by atoms with E-state index < -0.39 is 0 Å². The number of nitrogens with zero attached hydrogens (tertiary/aromatic N) is 3. The molecule has 0 fully saturated rings. The van der Waals surface area contributed by atoms with Gasteiger partial charge in [0.25, 0.3) is 0 Å². The van der Waals surface area contributed by atoms with Gasteiger partial charge >= 0.3 is 0 Å². The largest absolute Gasteiger partial charge is 0.372 e. The number of hydrogen-bond donors (Lipinski definition) is 2. The van der Waals surface area contributed by atoms with Crippen LogP contribution in [0.1, 0.15) is 45.4 Å². The SMILES string of the molecule is CCC(C)Nc1nc(C)cc(Nc2ccc(N(CC)CC)cc2C)n1. The molecule has 0 saturated heterocycles. The van der Waals surface area contributed by atoms with Gasteiger partial charge in [-0.1, -0.05) is 6.92 Å². The Labute approximate surface area is 151 Å². The molecular weight excluding hydrogens is 310 g/mol. The highest BCUT2D eigenvalue weighted by molar-refractivity contribution is 5.65. The van der Waals surface area contributed by atoms with Gasteiger partial charge in [-0.15, -0.1) is 0 Å². The molecule has 0 aliphatic carbocycles. The van der Waals surface area contributed by atoms with E-state index in [0.717, 1.165) is 36.7 Å². The Balaban J connectivity index is 2.21. The number of rotatable bonds is 8. The zero-order valence-corrected chi connectivity index (χ0v) is 16.3. The fourth-order valence-electron chi connectivity index (χ4n) is 2.73. The Bertz CT molecular complexity index is 694. The molecule has 1 aromatic carbocycles. The monoisotopic (exact) mass is 341 g/mol. The third-order valence-corrected chi connectivity index (χ3v) is 4.44. The van der Waals surface area contributed by atoms with Crippen molar-refractivity contribution >= 4 is 23.1 Å². The van der Waals surface area contributed by atoms with Crippen LogP contribution < -0.4 is 15.5 Å². The molecule has 5 heteroatoms. The molecule has 0 aliphatic heterocycles. The molecule has 0 spiro atoms. The zero-order chi connectivity index (χ0) is 18.4. The van der Waals surface area contributed by atoms with E-state index in [4.69, 9.17) is 0 Å². The van der Waals surface area contributed by atoms with Gasteiger partial charge in [0.05, 0.1) is 0 Å². The molecule has 0 amide bonds. The van der Waals surface area contributed by atoms with E-state index in [2.05, 4.69) is 78.3 Å². The highest BCUT2D eigenvalue weighted by Crippen LogP contribution is 2.25. The summed E-state index contributed by atoms with van der Waals surface area (Å²) in [7, 11) is 0. The summed E-state index contributed by atoms with van der Waals surface area (Å²) in [6, 6.07) is 8.84. The lowest BCUT2D eigenvalue weighted by molar-refractivity contribution is 0.752. The molecular formula is C20H31N5. The predicted octanol–water partition coefficient (Wildman–Crippen LogP) is 4.89. The number of anilines is 4. The minimum absolute atomic E-state index is 0.352. The van der Waals surface area contributed by atoms with Crippen molar-refractivity contribution in [2.24, 2.45) is 0 Å². The van der Waals surface area contributed by atoms with E-state index in [0.29, 0.717) is 12.0 Å². The van der Waals surface area contributed by atoms with Crippen LogP contribution >= 0.6 is 0 Å². The first-order valence-electron chi connectivity index (χ1n) is 9.21. The smallest absolute Gasteiger partial charge is 0.225 e. The minimum Gasteiger partial charge on any atom is -0.372 e. The first kappa shape index (κ1) is 19.0. The molecule has 2 rings (SSSR count). The molecule has 1 unspecified atom stereocenters. The third kappa shape index (κ3) is 5.08. The first-order valence-corrected chi connectivity index (χ1v) is 9.21. The topological polar surface area (TPSA) is 53.1 Å². The normalized spacial score (nSPS) is 11.9. The molecule has 1 aromatic heterocycles. The Hall–Kier alpha value is -2.30. The highest BCUT2D eigenvalue weighted by Gasteiger charge is 2.08. The Kier molecular flexibility index (Phi) is 6.62. The summed E-state index contributed by atoms with van der Waals surface area (Å²) >= 11 is 0. The quantitative estimate of drug-likeness (QED) is 0.715. The summed E-state index contributed by atoms with van der Waals surface area (Å²) in [6.07, 6.45) is 1.03. The van der Waals surface area contributed by atoms with Crippen LogP contribution in [0, 0.1) is 13.8 Å². The summed E-state index contributed by atoms with van der Waals surface area (Å²) in [5.74, 6) is 1.49. The average Bonchev–Trinajstić information content (AvgIpc) is 2.57. The summed E-state index contributed by atoms with van der Waals surface area (Å²) < 4.78 is 0. The molecule has 0 saturated carbocycles. The van der Waals surface area contributed by atoms with E-state index >= 15 is 0 Å². The van der Waals surface area contributed by atoms with Crippen molar-refractivity contribution in [2.45, 2.75) is 54.0 Å². The minimum atomic E-state index is 0.352. The van der Waals surface area contributed by atoms with Gasteiger partial charge in [-0.05, 0) is 64.8 Å². The number of aryl methyl sites for hydroxylation is 2. The van der Waals surface area contributed by atoms with Crippen LogP contribution in [-0.4, -0.2) is 29.1 Å². The van der Waals surface area contributed by atoms with Gasteiger partial charge in [-0.3, -0.25) is 0 Å². The lowest BCUT2D eigenvalue weighted by Crippen LogP contribution is -2.21. The summed E-state index contributed by atoms with van der Waals surface area (Å²) in [5.41, 5.74) is 4.48. The van der Waals surface area contributed by atoms with Gasteiger partial charge < -0.3 is 15.5 Å². The van der Waals surface area contributed by atoms with Gasteiger partial charge in [0.15, 0.2) is 0 Å². The molecule has 5 nitrogen and oxygen atoms in total. The van der Waals surface area contributed by atoms with E-state index in [1.807, 2.05) is 13.0 Å². The molecule has 1 heterocycles. The lowest BCUT2D eigenvalue weighted by atomic mass is 10.1. The van der Waals surface area contributed by atoms with Crippen LogP contribution in [0.25, 0.3) is 0 Å². The van der Waals surface area contributed by atoms with Crippen LogP contribution in [-0.2, 0) is 0 Å². The van der Waals surface area contributed by atoms with E-state index in [-0.39, 0.29) is 0 Å². The van der Waals surface area contributed by atoms with E-state index in [1.54, 1.807) is 0 Å². The predicted molar refractivity (Wildman–Crippen MR) is 108 cm³/mol. The van der Waals surface area contributed by atoms with Crippen molar-refractivity contribution in [1.82, 2.24) is 9.97 Å². The average molecular weight is 342 g/mol. The van der Waals surface area contributed by atoms with E-state index in [9.17, 15) is 0 Å². The highest BCUT2D eigenvalue weighted by atomic mass is 15.2. The van der Waals surface area contributed by atoms with Crippen LogP contribution in [0.4, 0.5) is 23.1 Å². The zero-order valence-electron chi connectivity index (χ0n) is 16.3. The molecule has 0 bridgehead atoms. The Morgan fingerprint density at radius 2 is 1.76 bits per heavy atom. The number of benzene rings is 1. The van der Waals surface area contributed by atoms with Gasteiger partial charge in [0.1, 0.15) is 5.82 Å². The molecule has 0 radical (unpaired) electrons. The van der Waals surface area contributed by atoms with Crippen molar-refractivity contribution < 1.29 is 0 Å². The number of hydrogen-bond acceptors (Lipinski definition) is 5. The second-order valence-electron chi connectivity index (χ2n) is 6.47.